The Morgan fingerprint density at radius 2 is 2.24 bits per heavy atom. The lowest BCUT2D eigenvalue weighted by molar-refractivity contribution is -0.131. The first-order valence-corrected chi connectivity index (χ1v) is 5.11. The van der Waals surface area contributed by atoms with E-state index in [1.54, 1.807) is 6.26 Å². The van der Waals surface area contributed by atoms with E-state index in [1.165, 1.54) is 7.11 Å². The molecule has 0 saturated carbocycles. The van der Waals surface area contributed by atoms with Crippen molar-refractivity contribution in [3.63, 3.8) is 0 Å². The van der Waals surface area contributed by atoms with Gasteiger partial charge in [0, 0.05) is 24.1 Å². The molecule has 0 atom stereocenters. The number of carboxylic acid groups (broad SMARTS) is 1. The van der Waals surface area contributed by atoms with Gasteiger partial charge in [0.1, 0.15) is 5.58 Å². The molecule has 1 aromatic carbocycles. The van der Waals surface area contributed by atoms with Crippen LogP contribution in [0.4, 0.5) is 0 Å². The summed E-state index contributed by atoms with van der Waals surface area (Å²) in [6.07, 6.45) is 2.69. The van der Waals surface area contributed by atoms with Gasteiger partial charge in [-0.2, -0.15) is 0 Å². The summed E-state index contributed by atoms with van der Waals surface area (Å²) in [4.78, 5) is 10.8. The highest BCUT2D eigenvalue weighted by molar-refractivity contribution is 5.97. The summed E-state index contributed by atoms with van der Waals surface area (Å²) in [6, 6.07) is 7.47. The molecule has 88 valence electrons. The van der Waals surface area contributed by atoms with Gasteiger partial charge in [-0.1, -0.05) is 18.2 Å². The van der Waals surface area contributed by atoms with E-state index in [0.717, 1.165) is 22.6 Å². The van der Waals surface area contributed by atoms with Crippen molar-refractivity contribution < 1.29 is 19.1 Å². The van der Waals surface area contributed by atoms with Crippen LogP contribution in [0.1, 0.15) is 5.56 Å². The Morgan fingerprint density at radius 1 is 1.47 bits per heavy atom. The van der Waals surface area contributed by atoms with E-state index in [9.17, 15) is 4.79 Å². The fraction of sp³-hybridized carbons (Fsp3) is 0.154. The molecule has 0 spiro atoms. The third-order valence-electron chi connectivity index (χ3n) is 2.42. The number of fused-ring (bicyclic) bond motifs is 1. The van der Waals surface area contributed by atoms with Crippen molar-refractivity contribution in [2.24, 2.45) is 0 Å². The first-order chi connectivity index (χ1) is 8.22. The number of carboxylic acids is 1. The minimum atomic E-state index is -0.998. The largest absolute Gasteiger partial charge is 0.478 e. The molecule has 1 heterocycles. The van der Waals surface area contributed by atoms with Crippen LogP contribution in [-0.2, 0) is 9.53 Å². The minimum absolute atomic E-state index is 0.232. The topological polar surface area (TPSA) is 59.7 Å². The van der Waals surface area contributed by atoms with Crippen LogP contribution in [0.5, 0.6) is 0 Å². The number of aliphatic carboxylic acids is 1. The Hall–Kier alpha value is -2.07. The number of para-hydroxylation sites is 1. The number of hydrogen-bond donors (Lipinski definition) is 1. The fourth-order valence-electron chi connectivity index (χ4n) is 1.73. The standard InChI is InChI=1S/C13H12O4/c1-16-7-9(6-13(14)15)11-8-17-12-5-3-2-4-10(11)12/h2-6,8H,7H2,1H3,(H,14,15)/b9-6+. The normalized spacial score (nSPS) is 11.9. The second-order valence-electron chi connectivity index (χ2n) is 3.59. The van der Waals surface area contributed by atoms with E-state index < -0.39 is 5.97 Å². The Morgan fingerprint density at radius 3 is 2.94 bits per heavy atom. The summed E-state index contributed by atoms with van der Waals surface area (Å²) in [6.45, 7) is 0.232. The Labute approximate surface area is 98.1 Å². The number of carbonyl (C=O) groups is 1. The van der Waals surface area contributed by atoms with Gasteiger partial charge >= 0.3 is 5.97 Å². The van der Waals surface area contributed by atoms with Crippen LogP contribution < -0.4 is 0 Å². The van der Waals surface area contributed by atoms with Crippen molar-refractivity contribution in [2.45, 2.75) is 0 Å². The van der Waals surface area contributed by atoms with Gasteiger partial charge in [0.25, 0.3) is 0 Å². The average molecular weight is 232 g/mol. The maximum atomic E-state index is 10.8. The molecular formula is C13H12O4. The van der Waals surface area contributed by atoms with E-state index in [2.05, 4.69) is 0 Å². The zero-order valence-corrected chi connectivity index (χ0v) is 9.34. The highest BCUT2D eigenvalue weighted by Gasteiger charge is 2.11. The van der Waals surface area contributed by atoms with Crippen molar-refractivity contribution in [1.82, 2.24) is 0 Å². The quantitative estimate of drug-likeness (QED) is 0.823. The van der Waals surface area contributed by atoms with E-state index in [0.29, 0.717) is 5.57 Å². The van der Waals surface area contributed by atoms with Crippen molar-refractivity contribution in [2.75, 3.05) is 13.7 Å². The molecule has 0 aliphatic rings. The van der Waals surface area contributed by atoms with Crippen LogP contribution in [0, 0.1) is 0 Å². The number of furan rings is 1. The van der Waals surface area contributed by atoms with Crippen molar-refractivity contribution in [3.8, 4) is 0 Å². The molecule has 0 aliphatic heterocycles. The molecule has 2 rings (SSSR count). The first kappa shape index (κ1) is 11.4. The smallest absolute Gasteiger partial charge is 0.328 e. The third kappa shape index (κ3) is 2.37. The van der Waals surface area contributed by atoms with Crippen molar-refractivity contribution in [3.05, 3.63) is 42.2 Å². The molecule has 2 aromatic rings. The predicted molar refractivity (Wildman–Crippen MR) is 63.7 cm³/mol. The third-order valence-corrected chi connectivity index (χ3v) is 2.42. The molecule has 0 aliphatic carbocycles. The molecular weight excluding hydrogens is 220 g/mol. The summed E-state index contributed by atoms with van der Waals surface area (Å²) in [5, 5.41) is 9.71. The summed E-state index contributed by atoms with van der Waals surface area (Å²) in [7, 11) is 1.53. The second kappa shape index (κ2) is 4.84. The number of hydrogen-bond acceptors (Lipinski definition) is 3. The van der Waals surface area contributed by atoms with Crippen LogP contribution in [0.3, 0.4) is 0 Å². The molecule has 0 bridgehead atoms. The van der Waals surface area contributed by atoms with Gasteiger partial charge in [0.2, 0.25) is 0 Å². The average Bonchev–Trinajstić information content (AvgIpc) is 2.71. The SMILES string of the molecule is COC/C(=C\C(=O)O)c1coc2ccccc12. The molecule has 0 radical (unpaired) electrons. The van der Waals surface area contributed by atoms with Crippen LogP contribution in [0.2, 0.25) is 0 Å². The first-order valence-electron chi connectivity index (χ1n) is 5.11. The van der Waals surface area contributed by atoms with E-state index in [-0.39, 0.29) is 6.61 Å². The number of methoxy groups -OCH3 is 1. The lowest BCUT2D eigenvalue weighted by Crippen LogP contribution is -1.98. The number of ether oxygens (including phenoxy) is 1. The van der Waals surface area contributed by atoms with Crippen LogP contribution in [-0.4, -0.2) is 24.8 Å². The van der Waals surface area contributed by atoms with Gasteiger partial charge in [-0.3, -0.25) is 0 Å². The second-order valence-corrected chi connectivity index (χ2v) is 3.59. The summed E-state index contributed by atoms with van der Waals surface area (Å²) < 4.78 is 10.4. The Kier molecular flexibility index (Phi) is 3.25. The van der Waals surface area contributed by atoms with Gasteiger partial charge in [-0.05, 0) is 11.6 Å². The lowest BCUT2D eigenvalue weighted by Gasteiger charge is -2.03. The molecule has 4 nitrogen and oxygen atoms in total. The monoisotopic (exact) mass is 232 g/mol. The maximum absolute atomic E-state index is 10.8. The fourth-order valence-corrected chi connectivity index (χ4v) is 1.73. The highest BCUT2D eigenvalue weighted by atomic mass is 16.5. The highest BCUT2D eigenvalue weighted by Crippen LogP contribution is 2.27. The summed E-state index contributed by atoms with van der Waals surface area (Å²) in [5.41, 5.74) is 2.07. The molecule has 0 amide bonds. The molecule has 1 aromatic heterocycles. The number of benzene rings is 1. The van der Waals surface area contributed by atoms with Gasteiger partial charge in [0.05, 0.1) is 12.9 Å². The van der Waals surface area contributed by atoms with E-state index in [1.807, 2.05) is 24.3 Å². The van der Waals surface area contributed by atoms with Crippen LogP contribution in [0.25, 0.3) is 16.5 Å². The summed E-state index contributed by atoms with van der Waals surface area (Å²) in [5.74, 6) is -0.998. The Balaban J connectivity index is 2.52. The minimum Gasteiger partial charge on any atom is -0.478 e. The van der Waals surface area contributed by atoms with Gasteiger partial charge in [-0.25, -0.2) is 4.79 Å². The lowest BCUT2D eigenvalue weighted by atomic mass is 10.1. The molecule has 17 heavy (non-hydrogen) atoms. The van der Waals surface area contributed by atoms with Crippen LogP contribution in [0.15, 0.2) is 41.0 Å². The van der Waals surface area contributed by atoms with Crippen molar-refractivity contribution >= 4 is 22.5 Å². The molecule has 1 N–H and O–H groups in total. The molecule has 0 saturated heterocycles. The number of rotatable bonds is 4. The van der Waals surface area contributed by atoms with Crippen molar-refractivity contribution in [1.29, 1.82) is 0 Å². The summed E-state index contributed by atoms with van der Waals surface area (Å²) >= 11 is 0. The maximum Gasteiger partial charge on any atom is 0.328 e. The van der Waals surface area contributed by atoms with E-state index in [4.69, 9.17) is 14.3 Å². The predicted octanol–water partition coefficient (Wildman–Crippen LogP) is 2.55. The molecule has 0 unspecified atom stereocenters. The van der Waals surface area contributed by atoms with Crippen LogP contribution >= 0.6 is 0 Å². The van der Waals surface area contributed by atoms with Gasteiger partial charge in [0.15, 0.2) is 0 Å². The Bertz CT molecular complexity index is 566. The van der Waals surface area contributed by atoms with Gasteiger partial charge in [-0.15, -0.1) is 0 Å². The van der Waals surface area contributed by atoms with E-state index >= 15 is 0 Å². The molecule has 0 fully saturated rings. The van der Waals surface area contributed by atoms with Gasteiger partial charge < -0.3 is 14.3 Å². The molecule has 4 heteroatoms. The zero-order valence-electron chi connectivity index (χ0n) is 9.34. The zero-order chi connectivity index (χ0) is 12.3.